The summed E-state index contributed by atoms with van der Waals surface area (Å²) in [6.45, 7) is 4.42. The fraction of sp³-hybridized carbons (Fsp3) is 0.481. The molecule has 1 amide bonds. The van der Waals surface area contributed by atoms with E-state index in [0.717, 1.165) is 31.1 Å². The van der Waals surface area contributed by atoms with E-state index in [0.29, 0.717) is 25.9 Å². The van der Waals surface area contributed by atoms with Gasteiger partial charge in [-0.2, -0.15) is 0 Å². The van der Waals surface area contributed by atoms with Gasteiger partial charge in [0, 0.05) is 25.2 Å². The molecule has 0 aromatic heterocycles. The van der Waals surface area contributed by atoms with Crippen molar-refractivity contribution in [3.63, 3.8) is 0 Å². The van der Waals surface area contributed by atoms with Crippen LogP contribution in [0.3, 0.4) is 0 Å². The Kier molecular flexibility index (Phi) is 7.59. The minimum Gasteiger partial charge on any atom is -0.469 e. The Balaban J connectivity index is 1.23. The number of ether oxygens (including phenoxy) is 1. The predicted molar refractivity (Wildman–Crippen MR) is 125 cm³/mol. The van der Waals surface area contributed by atoms with Gasteiger partial charge in [-0.3, -0.25) is 14.5 Å². The van der Waals surface area contributed by atoms with Crippen molar-refractivity contribution in [3.05, 3.63) is 71.3 Å². The molecule has 0 aliphatic carbocycles. The average molecular weight is 435 g/mol. The molecule has 0 saturated carbocycles. The maximum atomic E-state index is 12.8. The van der Waals surface area contributed by atoms with E-state index in [1.807, 2.05) is 17.0 Å². The molecule has 0 unspecified atom stereocenters. The smallest absolute Gasteiger partial charge is 0.308 e. The van der Waals surface area contributed by atoms with Gasteiger partial charge in [-0.05, 0) is 74.4 Å². The Morgan fingerprint density at radius 1 is 0.844 bits per heavy atom. The van der Waals surface area contributed by atoms with Crippen LogP contribution in [0.1, 0.15) is 47.2 Å². The molecule has 2 aromatic rings. The SMILES string of the molecule is COC(=O)C1CCN(C(=O)c2ccc(CN3CCC(Cc4ccccc4)CC3)cc2)CC1. The molecule has 4 rings (SSSR count). The first-order valence-corrected chi connectivity index (χ1v) is 11.8. The molecule has 2 aliphatic heterocycles. The number of piperidine rings is 2. The standard InChI is InChI=1S/C27H34N2O3/c1-32-27(31)25-13-17-29(18-14-25)26(30)24-9-7-23(8-10-24)20-28-15-11-22(12-16-28)19-21-5-3-2-4-6-21/h2-10,22,25H,11-20H2,1H3. The van der Waals surface area contributed by atoms with E-state index < -0.39 is 0 Å². The van der Waals surface area contributed by atoms with Gasteiger partial charge in [-0.15, -0.1) is 0 Å². The number of methoxy groups -OCH3 is 1. The van der Waals surface area contributed by atoms with Crippen molar-refractivity contribution < 1.29 is 14.3 Å². The number of hydrogen-bond acceptors (Lipinski definition) is 4. The Hall–Kier alpha value is -2.66. The van der Waals surface area contributed by atoms with Gasteiger partial charge in [0.25, 0.3) is 5.91 Å². The van der Waals surface area contributed by atoms with E-state index in [1.165, 1.54) is 37.5 Å². The molecule has 5 heteroatoms. The topological polar surface area (TPSA) is 49.9 Å². The van der Waals surface area contributed by atoms with Crippen LogP contribution in [0.2, 0.25) is 0 Å². The number of amides is 1. The molecule has 0 N–H and O–H groups in total. The summed E-state index contributed by atoms with van der Waals surface area (Å²) in [5, 5.41) is 0. The highest BCUT2D eigenvalue weighted by Gasteiger charge is 2.28. The number of carbonyl (C=O) groups is 2. The first kappa shape index (κ1) is 22.5. The van der Waals surface area contributed by atoms with Crippen molar-refractivity contribution in [1.82, 2.24) is 9.80 Å². The van der Waals surface area contributed by atoms with Crippen LogP contribution in [0.25, 0.3) is 0 Å². The van der Waals surface area contributed by atoms with Gasteiger partial charge in [-0.25, -0.2) is 0 Å². The number of rotatable bonds is 6. The van der Waals surface area contributed by atoms with Gasteiger partial charge in [0.05, 0.1) is 13.0 Å². The lowest BCUT2D eigenvalue weighted by atomic mass is 9.90. The van der Waals surface area contributed by atoms with Crippen LogP contribution in [0, 0.1) is 11.8 Å². The van der Waals surface area contributed by atoms with Crippen LogP contribution in [0.4, 0.5) is 0 Å². The average Bonchev–Trinajstić information content (AvgIpc) is 2.85. The molecule has 0 radical (unpaired) electrons. The molecule has 2 fully saturated rings. The fourth-order valence-corrected chi connectivity index (χ4v) is 4.97. The summed E-state index contributed by atoms with van der Waals surface area (Å²) >= 11 is 0. The van der Waals surface area contributed by atoms with E-state index in [1.54, 1.807) is 0 Å². The second-order valence-electron chi connectivity index (χ2n) is 9.20. The van der Waals surface area contributed by atoms with Gasteiger partial charge in [-0.1, -0.05) is 42.5 Å². The molecular weight excluding hydrogens is 400 g/mol. The molecule has 2 saturated heterocycles. The van der Waals surface area contributed by atoms with Crippen LogP contribution in [0.5, 0.6) is 0 Å². The highest BCUT2D eigenvalue weighted by Crippen LogP contribution is 2.24. The zero-order chi connectivity index (χ0) is 22.3. The Bertz CT molecular complexity index is 881. The molecule has 0 bridgehead atoms. The number of carbonyl (C=O) groups excluding carboxylic acids is 2. The number of hydrogen-bond donors (Lipinski definition) is 0. The third kappa shape index (κ3) is 5.77. The van der Waals surface area contributed by atoms with Gasteiger partial charge >= 0.3 is 5.97 Å². The van der Waals surface area contributed by atoms with Crippen molar-refractivity contribution >= 4 is 11.9 Å². The number of nitrogens with zero attached hydrogens (tertiary/aromatic N) is 2. The molecule has 0 spiro atoms. The van der Waals surface area contributed by atoms with Gasteiger partial charge in [0.15, 0.2) is 0 Å². The lowest BCUT2D eigenvalue weighted by Gasteiger charge is -2.32. The summed E-state index contributed by atoms with van der Waals surface area (Å²) in [7, 11) is 1.42. The minimum atomic E-state index is -0.162. The largest absolute Gasteiger partial charge is 0.469 e. The second kappa shape index (κ2) is 10.8. The molecule has 2 heterocycles. The van der Waals surface area contributed by atoms with Gasteiger partial charge in [0.2, 0.25) is 0 Å². The van der Waals surface area contributed by atoms with E-state index in [4.69, 9.17) is 4.74 Å². The zero-order valence-corrected chi connectivity index (χ0v) is 19.0. The lowest BCUT2D eigenvalue weighted by Crippen LogP contribution is -2.40. The highest BCUT2D eigenvalue weighted by atomic mass is 16.5. The predicted octanol–water partition coefficient (Wildman–Crippen LogP) is 4.17. The summed E-state index contributed by atoms with van der Waals surface area (Å²) in [6.07, 6.45) is 5.02. The van der Waals surface area contributed by atoms with Crippen LogP contribution in [-0.4, -0.2) is 55.0 Å². The number of benzene rings is 2. The molecule has 2 aliphatic rings. The number of likely N-dealkylation sites (tertiary alicyclic amines) is 2. The molecular formula is C27H34N2O3. The first-order valence-electron chi connectivity index (χ1n) is 11.8. The monoisotopic (exact) mass is 434 g/mol. The quantitative estimate of drug-likeness (QED) is 0.641. The van der Waals surface area contributed by atoms with Gasteiger partial charge in [0.1, 0.15) is 0 Å². The molecule has 32 heavy (non-hydrogen) atoms. The maximum absolute atomic E-state index is 12.8. The molecule has 0 atom stereocenters. The van der Waals surface area contributed by atoms with Crippen LogP contribution < -0.4 is 0 Å². The molecule has 2 aromatic carbocycles. The van der Waals surface area contributed by atoms with Crippen molar-refractivity contribution in [2.45, 2.75) is 38.6 Å². The third-order valence-corrected chi connectivity index (χ3v) is 7.00. The normalized spacial score (nSPS) is 18.5. The van der Waals surface area contributed by atoms with Gasteiger partial charge < -0.3 is 9.64 Å². The second-order valence-corrected chi connectivity index (χ2v) is 9.20. The van der Waals surface area contributed by atoms with E-state index >= 15 is 0 Å². The van der Waals surface area contributed by atoms with E-state index in [2.05, 4.69) is 47.4 Å². The minimum absolute atomic E-state index is 0.0570. The summed E-state index contributed by atoms with van der Waals surface area (Å²) < 4.78 is 4.83. The molecule has 5 nitrogen and oxygen atoms in total. The third-order valence-electron chi connectivity index (χ3n) is 7.00. The van der Waals surface area contributed by atoms with E-state index in [9.17, 15) is 9.59 Å². The Morgan fingerprint density at radius 2 is 1.50 bits per heavy atom. The Morgan fingerprint density at radius 3 is 2.12 bits per heavy atom. The number of esters is 1. The van der Waals surface area contributed by atoms with Crippen LogP contribution in [0.15, 0.2) is 54.6 Å². The van der Waals surface area contributed by atoms with Crippen LogP contribution >= 0.6 is 0 Å². The van der Waals surface area contributed by atoms with Crippen molar-refractivity contribution in [1.29, 1.82) is 0 Å². The first-order chi connectivity index (χ1) is 15.6. The summed E-state index contributed by atoms with van der Waals surface area (Å²) in [6, 6.07) is 18.9. The lowest BCUT2D eigenvalue weighted by molar-refractivity contribution is -0.146. The Labute approximate surface area is 191 Å². The van der Waals surface area contributed by atoms with Crippen LogP contribution in [-0.2, 0) is 22.5 Å². The summed E-state index contributed by atoms with van der Waals surface area (Å²) in [5.41, 5.74) is 3.43. The summed E-state index contributed by atoms with van der Waals surface area (Å²) in [5.74, 6) is 0.590. The molecule has 170 valence electrons. The highest BCUT2D eigenvalue weighted by molar-refractivity contribution is 5.94. The van der Waals surface area contributed by atoms with E-state index in [-0.39, 0.29) is 17.8 Å². The van der Waals surface area contributed by atoms with Crippen molar-refractivity contribution in [2.75, 3.05) is 33.3 Å². The maximum Gasteiger partial charge on any atom is 0.308 e. The fourth-order valence-electron chi connectivity index (χ4n) is 4.97. The van der Waals surface area contributed by atoms with Crippen molar-refractivity contribution in [3.8, 4) is 0 Å². The van der Waals surface area contributed by atoms with Crippen molar-refractivity contribution in [2.24, 2.45) is 11.8 Å². The summed E-state index contributed by atoms with van der Waals surface area (Å²) in [4.78, 5) is 28.9. The zero-order valence-electron chi connectivity index (χ0n) is 19.0.